The summed E-state index contributed by atoms with van der Waals surface area (Å²) >= 11 is 0. The van der Waals surface area contributed by atoms with Crippen LogP contribution in [0.25, 0.3) is 0 Å². The average Bonchev–Trinajstić information content (AvgIpc) is 2.73. The molecule has 2 aromatic rings. The summed E-state index contributed by atoms with van der Waals surface area (Å²) in [4.78, 5) is 45.9. The van der Waals surface area contributed by atoms with Crippen molar-refractivity contribution >= 4 is 23.3 Å². The van der Waals surface area contributed by atoms with Crippen LogP contribution in [0.4, 0.5) is 11.5 Å². The number of carbonyl (C=O) groups is 2. The Morgan fingerprint density at radius 3 is 2.57 bits per heavy atom. The number of nitrogen functional groups attached to an aromatic ring is 1. The molecule has 1 aliphatic heterocycles. The molecular weight excluding hydrogens is 388 g/mol. The molecule has 10 nitrogen and oxygen atoms in total. The predicted molar refractivity (Wildman–Crippen MR) is 111 cm³/mol. The van der Waals surface area contributed by atoms with Gasteiger partial charge in [-0.1, -0.05) is 12.1 Å². The molecule has 10 heteroatoms. The third kappa shape index (κ3) is 3.80. The maximum absolute atomic E-state index is 13.0. The van der Waals surface area contributed by atoms with Crippen LogP contribution in [0, 0.1) is 4.91 Å². The summed E-state index contributed by atoms with van der Waals surface area (Å²) in [5, 5.41) is 5.36. The van der Waals surface area contributed by atoms with E-state index in [1.807, 2.05) is 0 Å². The number of carbonyl (C=O) groups excluding carboxylic acids is 2. The van der Waals surface area contributed by atoms with Crippen LogP contribution in [0.15, 0.2) is 29.4 Å². The van der Waals surface area contributed by atoms with Gasteiger partial charge in [0.05, 0.1) is 18.2 Å². The number of ether oxygens (including phenoxy) is 1. The van der Waals surface area contributed by atoms with Gasteiger partial charge in [-0.25, -0.2) is 0 Å². The number of nitrogens with zero attached hydrogens (tertiary/aromatic N) is 4. The minimum Gasteiger partial charge on any atom is -0.467 e. The van der Waals surface area contributed by atoms with Gasteiger partial charge in [0.15, 0.2) is 6.17 Å². The molecule has 1 aromatic carbocycles. The lowest BCUT2D eigenvalue weighted by molar-refractivity contribution is -0.126. The van der Waals surface area contributed by atoms with Gasteiger partial charge in [-0.3, -0.25) is 9.59 Å². The zero-order valence-electron chi connectivity index (χ0n) is 17.3. The Balaban J connectivity index is 1.84. The Morgan fingerprint density at radius 1 is 1.30 bits per heavy atom. The molecule has 1 atom stereocenters. The number of methoxy groups -OCH3 is 1. The summed E-state index contributed by atoms with van der Waals surface area (Å²) in [5.41, 5.74) is 7.32. The van der Waals surface area contributed by atoms with Crippen LogP contribution < -0.4 is 20.7 Å². The monoisotopic (exact) mass is 412 g/mol. The highest BCUT2D eigenvalue weighted by molar-refractivity contribution is 6.10. The molecular formula is C20H24N6O4. The molecule has 1 aromatic heterocycles. The summed E-state index contributed by atoms with van der Waals surface area (Å²) in [7, 11) is 1.44. The number of hydrogen-bond donors (Lipinski definition) is 2. The maximum atomic E-state index is 13.0. The van der Waals surface area contributed by atoms with Crippen LogP contribution in [0.3, 0.4) is 0 Å². The molecule has 0 fully saturated rings. The Hall–Kier alpha value is -3.56. The third-order valence-corrected chi connectivity index (χ3v) is 5.17. The normalized spacial score (nSPS) is 14.7. The van der Waals surface area contributed by atoms with Gasteiger partial charge < -0.3 is 20.7 Å². The Kier molecular flexibility index (Phi) is 5.68. The molecule has 0 spiro atoms. The van der Waals surface area contributed by atoms with Crippen LogP contribution in [0.1, 0.15) is 42.4 Å². The number of amides is 2. The summed E-state index contributed by atoms with van der Waals surface area (Å²) in [6.07, 6.45) is -0.301. The van der Waals surface area contributed by atoms with Crippen LogP contribution in [-0.4, -0.2) is 41.6 Å². The standard InChI is InChI=1S/C20H24N6O4/c1-11(25-29)22-18(28)20(2,3)12-5-7-13(8-6-12)26-10-9-14-15(17(26)27)16(21)24-19(23-14)30-4/h5-8,11H,9-10H2,1-4H3,(H,22,28)(H2,21,23,24). The quantitative estimate of drug-likeness (QED) is 0.689. The zero-order valence-corrected chi connectivity index (χ0v) is 17.3. The number of nitrogens with two attached hydrogens (primary N) is 1. The number of rotatable bonds is 6. The largest absolute Gasteiger partial charge is 0.467 e. The van der Waals surface area contributed by atoms with Crippen LogP contribution in [-0.2, 0) is 16.6 Å². The van der Waals surface area contributed by atoms with E-state index in [0.717, 1.165) is 5.56 Å². The van der Waals surface area contributed by atoms with Gasteiger partial charge in [0.1, 0.15) is 11.4 Å². The molecule has 0 aliphatic carbocycles. The van der Waals surface area contributed by atoms with E-state index in [4.69, 9.17) is 10.5 Å². The zero-order chi connectivity index (χ0) is 22.1. The molecule has 0 saturated heterocycles. The molecule has 0 saturated carbocycles. The molecule has 3 N–H and O–H groups in total. The highest BCUT2D eigenvalue weighted by Gasteiger charge is 2.33. The van der Waals surface area contributed by atoms with E-state index in [9.17, 15) is 14.5 Å². The van der Waals surface area contributed by atoms with Crippen LogP contribution in [0.2, 0.25) is 0 Å². The third-order valence-electron chi connectivity index (χ3n) is 5.17. The highest BCUT2D eigenvalue weighted by atomic mass is 16.5. The van der Waals surface area contributed by atoms with E-state index >= 15 is 0 Å². The molecule has 158 valence electrons. The molecule has 3 rings (SSSR count). The lowest BCUT2D eigenvalue weighted by atomic mass is 9.83. The summed E-state index contributed by atoms with van der Waals surface area (Å²) in [6.45, 7) is 5.44. The number of nitrogens with one attached hydrogen (secondary N) is 1. The number of aromatic nitrogens is 2. The van der Waals surface area contributed by atoms with E-state index in [2.05, 4.69) is 20.5 Å². The molecule has 2 heterocycles. The average molecular weight is 412 g/mol. The second kappa shape index (κ2) is 8.05. The van der Waals surface area contributed by atoms with Gasteiger partial charge in [0.25, 0.3) is 5.91 Å². The van der Waals surface area contributed by atoms with E-state index in [1.54, 1.807) is 43.0 Å². The summed E-state index contributed by atoms with van der Waals surface area (Å²) < 4.78 is 5.02. The highest BCUT2D eigenvalue weighted by Crippen LogP contribution is 2.30. The van der Waals surface area contributed by atoms with E-state index in [1.165, 1.54) is 14.0 Å². The maximum Gasteiger partial charge on any atom is 0.318 e. The number of fused-ring (bicyclic) bond motifs is 1. The SMILES string of the molecule is COc1nc(N)c2c(n1)CCN(c1ccc(C(C)(C)C(=O)NC(C)N=O)cc1)C2=O. The smallest absolute Gasteiger partial charge is 0.318 e. The summed E-state index contributed by atoms with van der Waals surface area (Å²) in [5.74, 6) is -0.518. The molecule has 30 heavy (non-hydrogen) atoms. The molecule has 2 amide bonds. The van der Waals surface area contributed by atoms with E-state index in [-0.39, 0.29) is 29.2 Å². The van der Waals surface area contributed by atoms with Crippen molar-refractivity contribution in [3.63, 3.8) is 0 Å². The Bertz CT molecular complexity index is 990. The van der Waals surface area contributed by atoms with Gasteiger partial charge in [-0.2, -0.15) is 9.97 Å². The van der Waals surface area contributed by atoms with Crippen molar-refractivity contribution in [1.29, 1.82) is 0 Å². The van der Waals surface area contributed by atoms with Crippen molar-refractivity contribution in [3.05, 3.63) is 46.0 Å². The van der Waals surface area contributed by atoms with Crippen molar-refractivity contribution < 1.29 is 14.3 Å². The number of benzene rings is 1. The van der Waals surface area contributed by atoms with Crippen molar-refractivity contribution in [1.82, 2.24) is 15.3 Å². The second-order valence-electron chi connectivity index (χ2n) is 7.55. The topological polar surface area (TPSA) is 140 Å². The van der Waals surface area contributed by atoms with Gasteiger partial charge >= 0.3 is 6.01 Å². The summed E-state index contributed by atoms with van der Waals surface area (Å²) in [6, 6.07) is 7.25. The predicted octanol–water partition coefficient (Wildman–Crippen LogP) is 1.78. The molecule has 0 radical (unpaired) electrons. The van der Waals surface area contributed by atoms with Crippen molar-refractivity contribution in [2.45, 2.75) is 38.8 Å². The van der Waals surface area contributed by atoms with Gasteiger partial charge in [-0.15, -0.1) is 4.91 Å². The van der Waals surface area contributed by atoms with E-state index in [0.29, 0.717) is 24.3 Å². The Morgan fingerprint density at radius 2 is 1.97 bits per heavy atom. The van der Waals surface area contributed by atoms with Crippen molar-refractivity contribution in [2.75, 3.05) is 24.3 Å². The fraction of sp³-hybridized carbons (Fsp3) is 0.400. The van der Waals surface area contributed by atoms with Crippen LogP contribution >= 0.6 is 0 Å². The van der Waals surface area contributed by atoms with Gasteiger partial charge in [0.2, 0.25) is 5.91 Å². The van der Waals surface area contributed by atoms with E-state index < -0.39 is 11.6 Å². The minimum absolute atomic E-state index is 0.0823. The fourth-order valence-corrected chi connectivity index (χ4v) is 3.29. The molecule has 0 bridgehead atoms. The first-order chi connectivity index (χ1) is 14.2. The lowest BCUT2D eigenvalue weighted by Gasteiger charge is -2.30. The first-order valence-corrected chi connectivity index (χ1v) is 9.45. The fourth-order valence-electron chi connectivity index (χ4n) is 3.29. The van der Waals surface area contributed by atoms with Gasteiger partial charge in [0, 0.05) is 18.7 Å². The molecule has 1 unspecified atom stereocenters. The number of nitroso groups, excluding NO2 is 1. The van der Waals surface area contributed by atoms with Crippen LogP contribution in [0.5, 0.6) is 6.01 Å². The van der Waals surface area contributed by atoms with Crippen molar-refractivity contribution in [2.24, 2.45) is 5.18 Å². The Labute approximate surface area is 173 Å². The first-order valence-electron chi connectivity index (χ1n) is 9.45. The molecule has 1 aliphatic rings. The van der Waals surface area contributed by atoms with Crippen molar-refractivity contribution in [3.8, 4) is 6.01 Å². The second-order valence-corrected chi connectivity index (χ2v) is 7.55. The lowest BCUT2D eigenvalue weighted by Crippen LogP contribution is -2.43. The van der Waals surface area contributed by atoms with Gasteiger partial charge in [-0.05, 0) is 43.6 Å². The number of hydrogen-bond acceptors (Lipinski definition) is 8. The minimum atomic E-state index is -0.884. The number of anilines is 2. The first kappa shape index (κ1) is 21.2.